The lowest BCUT2D eigenvalue weighted by molar-refractivity contribution is 0.408. The minimum absolute atomic E-state index is 0.0476. The minimum atomic E-state index is -0.0476. The van der Waals surface area contributed by atoms with Crippen LogP contribution < -0.4 is 16.0 Å². The lowest BCUT2D eigenvalue weighted by Crippen LogP contribution is -2.25. The molecule has 2 aromatic rings. The lowest BCUT2D eigenvalue weighted by Gasteiger charge is -2.12. The first kappa shape index (κ1) is 13.4. The van der Waals surface area contributed by atoms with Gasteiger partial charge >= 0.3 is 0 Å². The number of benzene rings is 1. The maximum atomic E-state index is 12.1. The van der Waals surface area contributed by atoms with Crippen LogP contribution in [-0.2, 0) is 13.1 Å². The summed E-state index contributed by atoms with van der Waals surface area (Å²) in [5.74, 6) is 0.788. The third kappa shape index (κ3) is 2.85. The van der Waals surface area contributed by atoms with Gasteiger partial charge in [-0.25, -0.2) is 0 Å². The molecule has 0 amide bonds. The number of rotatable bonds is 4. The van der Waals surface area contributed by atoms with Gasteiger partial charge in [0.05, 0.1) is 13.7 Å². The molecule has 100 valence electrons. The average Bonchev–Trinajstić information content (AvgIpc) is 2.41. The van der Waals surface area contributed by atoms with Gasteiger partial charge in [0.1, 0.15) is 5.75 Å². The molecule has 1 heterocycles. The molecule has 2 rings (SSSR count). The van der Waals surface area contributed by atoms with Gasteiger partial charge in [0.2, 0.25) is 0 Å². The zero-order valence-electron chi connectivity index (χ0n) is 11.2. The smallest absolute Gasteiger partial charge is 0.255 e. The van der Waals surface area contributed by atoms with Crippen LogP contribution in [0.5, 0.6) is 5.75 Å². The summed E-state index contributed by atoms with van der Waals surface area (Å²) < 4.78 is 6.98. The van der Waals surface area contributed by atoms with Crippen molar-refractivity contribution in [3.8, 4) is 5.75 Å². The molecule has 0 atom stereocenters. The van der Waals surface area contributed by atoms with Crippen LogP contribution in [0.2, 0.25) is 0 Å². The molecule has 0 unspecified atom stereocenters. The molecule has 0 saturated heterocycles. The predicted molar refractivity (Wildman–Crippen MR) is 75.4 cm³/mol. The van der Waals surface area contributed by atoms with Gasteiger partial charge in [-0.1, -0.05) is 23.8 Å². The van der Waals surface area contributed by atoms with Gasteiger partial charge in [-0.15, -0.1) is 0 Å². The van der Waals surface area contributed by atoms with E-state index in [1.165, 1.54) is 0 Å². The van der Waals surface area contributed by atoms with Crippen molar-refractivity contribution in [1.29, 1.82) is 0 Å². The third-order valence-electron chi connectivity index (χ3n) is 3.10. The number of hydrogen-bond acceptors (Lipinski definition) is 3. The molecular weight excluding hydrogens is 240 g/mol. The molecule has 0 fully saturated rings. The summed E-state index contributed by atoms with van der Waals surface area (Å²) in [4.78, 5) is 12.1. The molecule has 4 nitrogen and oxygen atoms in total. The number of nitrogens with two attached hydrogens (primary N) is 1. The highest BCUT2D eigenvalue weighted by molar-refractivity contribution is 5.37. The largest absolute Gasteiger partial charge is 0.496 e. The fraction of sp³-hybridized carbons (Fsp3) is 0.267. The molecule has 0 saturated carbocycles. The van der Waals surface area contributed by atoms with Gasteiger partial charge in [0, 0.05) is 23.9 Å². The maximum absolute atomic E-state index is 12.1. The Bertz CT molecular complexity index is 632. The monoisotopic (exact) mass is 258 g/mol. The first-order chi connectivity index (χ1) is 9.15. The van der Waals surface area contributed by atoms with Gasteiger partial charge in [0.15, 0.2) is 0 Å². The number of aryl methyl sites for hydroxylation is 1. The Morgan fingerprint density at radius 2 is 2.05 bits per heavy atom. The summed E-state index contributed by atoms with van der Waals surface area (Å²) in [7, 11) is 1.63. The summed E-state index contributed by atoms with van der Waals surface area (Å²) in [6.45, 7) is 2.75. The fourth-order valence-corrected chi connectivity index (χ4v) is 2.08. The standard InChI is InChI=1S/C15H18N2O2/c1-11-5-6-14(19-2)13(8-11)10-17-7-3-4-12(9-16)15(17)18/h3-8H,9-10,16H2,1-2H3. The molecule has 1 aromatic heterocycles. The van der Waals surface area contributed by atoms with E-state index in [1.54, 1.807) is 23.9 Å². The zero-order chi connectivity index (χ0) is 13.8. The molecule has 2 N–H and O–H groups in total. The normalized spacial score (nSPS) is 10.5. The second kappa shape index (κ2) is 5.71. The number of ether oxygens (including phenoxy) is 1. The summed E-state index contributed by atoms with van der Waals surface area (Å²) in [5, 5.41) is 0. The van der Waals surface area contributed by atoms with E-state index in [4.69, 9.17) is 10.5 Å². The second-order valence-electron chi connectivity index (χ2n) is 4.49. The van der Waals surface area contributed by atoms with Crippen molar-refractivity contribution in [1.82, 2.24) is 4.57 Å². The van der Waals surface area contributed by atoms with Crippen LogP contribution in [0, 0.1) is 6.92 Å². The van der Waals surface area contributed by atoms with Gasteiger partial charge < -0.3 is 15.0 Å². The average molecular weight is 258 g/mol. The predicted octanol–water partition coefficient (Wildman–Crippen LogP) is 1.67. The van der Waals surface area contributed by atoms with E-state index < -0.39 is 0 Å². The van der Waals surface area contributed by atoms with Crippen molar-refractivity contribution in [2.24, 2.45) is 5.73 Å². The van der Waals surface area contributed by atoms with Crippen LogP contribution in [0.25, 0.3) is 0 Å². The van der Waals surface area contributed by atoms with Crippen LogP contribution in [0.15, 0.2) is 41.3 Å². The molecule has 0 bridgehead atoms. The highest BCUT2D eigenvalue weighted by Gasteiger charge is 2.07. The molecule has 1 aromatic carbocycles. The van der Waals surface area contributed by atoms with E-state index >= 15 is 0 Å². The Kier molecular flexibility index (Phi) is 4.02. The van der Waals surface area contributed by atoms with E-state index in [0.29, 0.717) is 12.1 Å². The van der Waals surface area contributed by atoms with Crippen molar-refractivity contribution < 1.29 is 4.74 Å². The van der Waals surface area contributed by atoms with E-state index in [9.17, 15) is 4.79 Å². The molecule has 0 aliphatic heterocycles. The topological polar surface area (TPSA) is 57.2 Å². The van der Waals surface area contributed by atoms with Crippen molar-refractivity contribution in [3.05, 3.63) is 63.6 Å². The quantitative estimate of drug-likeness (QED) is 0.907. The highest BCUT2D eigenvalue weighted by Crippen LogP contribution is 2.20. The van der Waals surface area contributed by atoms with E-state index in [0.717, 1.165) is 16.9 Å². The molecule has 0 aliphatic carbocycles. The van der Waals surface area contributed by atoms with Gasteiger partial charge in [-0.2, -0.15) is 0 Å². The highest BCUT2D eigenvalue weighted by atomic mass is 16.5. The number of pyridine rings is 1. The number of hydrogen-bond donors (Lipinski definition) is 1. The number of aromatic nitrogens is 1. The van der Waals surface area contributed by atoms with Crippen molar-refractivity contribution in [2.45, 2.75) is 20.0 Å². The third-order valence-corrected chi connectivity index (χ3v) is 3.10. The SMILES string of the molecule is COc1ccc(C)cc1Cn1cccc(CN)c1=O. The van der Waals surface area contributed by atoms with Gasteiger partial charge in [-0.05, 0) is 19.1 Å². The fourth-order valence-electron chi connectivity index (χ4n) is 2.08. The Balaban J connectivity index is 2.41. The maximum Gasteiger partial charge on any atom is 0.255 e. The molecule has 0 spiro atoms. The molecule has 4 heteroatoms. The first-order valence-electron chi connectivity index (χ1n) is 6.17. The van der Waals surface area contributed by atoms with Gasteiger partial charge in [-0.3, -0.25) is 4.79 Å². The van der Waals surface area contributed by atoms with Gasteiger partial charge in [0.25, 0.3) is 5.56 Å². The minimum Gasteiger partial charge on any atom is -0.496 e. The molecule has 0 aliphatic rings. The summed E-state index contributed by atoms with van der Waals surface area (Å²) in [5.41, 5.74) is 8.25. The number of methoxy groups -OCH3 is 1. The zero-order valence-corrected chi connectivity index (χ0v) is 11.2. The summed E-state index contributed by atoms with van der Waals surface area (Å²) in [6.07, 6.45) is 1.77. The Morgan fingerprint density at radius 3 is 2.74 bits per heavy atom. The molecule has 0 radical (unpaired) electrons. The van der Waals surface area contributed by atoms with Crippen molar-refractivity contribution in [3.63, 3.8) is 0 Å². The van der Waals surface area contributed by atoms with E-state index in [2.05, 4.69) is 0 Å². The van der Waals surface area contributed by atoms with Crippen LogP contribution in [0.4, 0.5) is 0 Å². The first-order valence-corrected chi connectivity index (χ1v) is 6.17. The molecular formula is C15H18N2O2. The number of nitrogens with zero attached hydrogens (tertiary/aromatic N) is 1. The summed E-state index contributed by atoms with van der Waals surface area (Å²) >= 11 is 0. The van der Waals surface area contributed by atoms with Crippen LogP contribution in [0.3, 0.4) is 0 Å². The van der Waals surface area contributed by atoms with E-state index in [-0.39, 0.29) is 12.1 Å². The van der Waals surface area contributed by atoms with Crippen molar-refractivity contribution in [2.75, 3.05) is 7.11 Å². The Morgan fingerprint density at radius 1 is 1.26 bits per heavy atom. The van der Waals surface area contributed by atoms with Crippen molar-refractivity contribution >= 4 is 0 Å². The Labute approximate surface area is 112 Å². The summed E-state index contributed by atoms with van der Waals surface area (Å²) in [6, 6.07) is 9.53. The molecule has 19 heavy (non-hydrogen) atoms. The van der Waals surface area contributed by atoms with E-state index in [1.807, 2.05) is 31.2 Å². The second-order valence-corrected chi connectivity index (χ2v) is 4.49. The van der Waals surface area contributed by atoms with Crippen LogP contribution >= 0.6 is 0 Å². The van der Waals surface area contributed by atoms with Crippen LogP contribution in [0.1, 0.15) is 16.7 Å². The lowest BCUT2D eigenvalue weighted by atomic mass is 10.1. The Hall–Kier alpha value is -2.07. The van der Waals surface area contributed by atoms with Crippen LogP contribution in [-0.4, -0.2) is 11.7 Å².